The van der Waals surface area contributed by atoms with Crippen LogP contribution in [0.5, 0.6) is 11.5 Å². The smallest absolute Gasteiger partial charge is 0.119 e. The third-order valence-corrected chi connectivity index (χ3v) is 3.06. The Balaban J connectivity index is 1.99. The first-order chi connectivity index (χ1) is 9.19. The lowest BCUT2D eigenvalue weighted by atomic mass is 10.0. The maximum atomic E-state index is 9.43. The Hall–Kier alpha value is -2.00. The molecule has 100 valence electrons. The average Bonchev–Trinajstić information content (AvgIpc) is 2.43. The fourth-order valence-electron chi connectivity index (χ4n) is 1.83. The molecule has 0 amide bonds. The number of rotatable bonds is 5. The van der Waals surface area contributed by atoms with Crippen LogP contribution >= 0.6 is 0 Å². The normalized spacial score (nSPS) is 12.1. The summed E-state index contributed by atoms with van der Waals surface area (Å²) in [5, 5.41) is 18.7. The highest BCUT2D eigenvalue weighted by molar-refractivity contribution is 5.29. The number of ether oxygens (including phenoxy) is 1. The van der Waals surface area contributed by atoms with Crippen molar-refractivity contribution in [2.75, 3.05) is 13.2 Å². The zero-order valence-electron chi connectivity index (χ0n) is 10.9. The van der Waals surface area contributed by atoms with E-state index >= 15 is 0 Å². The maximum Gasteiger partial charge on any atom is 0.119 e. The van der Waals surface area contributed by atoms with E-state index in [-0.39, 0.29) is 18.3 Å². The standard InChI is InChI=1S/C16H18O3/c1-12-2-8-16(9-3-12)19-11-14(10-17)13-4-6-15(18)7-5-13/h2-9,14,17-18H,10-11H2,1H3. The summed E-state index contributed by atoms with van der Waals surface area (Å²) in [6.45, 7) is 2.44. The van der Waals surface area contributed by atoms with Crippen LogP contribution in [0.25, 0.3) is 0 Å². The summed E-state index contributed by atoms with van der Waals surface area (Å²) in [4.78, 5) is 0. The number of hydrogen-bond donors (Lipinski definition) is 2. The Labute approximate surface area is 113 Å². The van der Waals surface area contributed by atoms with Crippen molar-refractivity contribution in [3.63, 3.8) is 0 Å². The molecule has 1 unspecified atom stereocenters. The van der Waals surface area contributed by atoms with Gasteiger partial charge in [0.25, 0.3) is 0 Å². The molecule has 2 N–H and O–H groups in total. The summed E-state index contributed by atoms with van der Waals surface area (Å²) in [5.74, 6) is 0.921. The van der Waals surface area contributed by atoms with Gasteiger partial charge in [-0.05, 0) is 36.8 Å². The number of aliphatic hydroxyl groups excluding tert-OH is 1. The fourth-order valence-corrected chi connectivity index (χ4v) is 1.83. The van der Waals surface area contributed by atoms with Crippen LogP contribution in [-0.4, -0.2) is 23.4 Å². The van der Waals surface area contributed by atoms with Crippen molar-refractivity contribution in [3.05, 3.63) is 59.7 Å². The number of aliphatic hydroxyl groups is 1. The number of phenolic OH excluding ortho intramolecular Hbond substituents is 1. The lowest BCUT2D eigenvalue weighted by Crippen LogP contribution is -2.14. The van der Waals surface area contributed by atoms with E-state index in [0.29, 0.717) is 6.61 Å². The Morgan fingerprint density at radius 3 is 2.21 bits per heavy atom. The highest BCUT2D eigenvalue weighted by atomic mass is 16.5. The van der Waals surface area contributed by atoms with E-state index < -0.39 is 0 Å². The molecule has 0 saturated carbocycles. The number of phenols is 1. The summed E-state index contributed by atoms with van der Waals surface area (Å²) in [7, 11) is 0. The van der Waals surface area contributed by atoms with E-state index in [1.165, 1.54) is 5.56 Å². The van der Waals surface area contributed by atoms with Crippen molar-refractivity contribution >= 4 is 0 Å². The molecule has 0 saturated heterocycles. The van der Waals surface area contributed by atoms with Crippen molar-refractivity contribution in [2.45, 2.75) is 12.8 Å². The predicted molar refractivity (Wildman–Crippen MR) is 74.6 cm³/mol. The van der Waals surface area contributed by atoms with Gasteiger partial charge in [-0.15, -0.1) is 0 Å². The molecule has 0 spiro atoms. The first-order valence-electron chi connectivity index (χ1n) is 6.28. The van der Waals surface area contributed by atoms with Gasteiger partial charge in [0.1, 0.15) is 11.5 Å². The molecule has 0 heterocycles. The summed E-state index contributed by atoms with van der Waals surface area (Å²) < 4.78 is 5.68. The van der Waals surface area contributed by atoms with Gasteiger partial charge in [0.05, 0.1) is 13.2 Å². The van der Waals surface area contributed by atoms with Crippen LogP contribution in [-0.2, 0) is 0 Å². The van der Waals surface area contributed by atoms with Gasteiger partial charge >= 0.3 is 0 Å². The molecule has 0 aliphatic heterocycles. The predicted octanol–water partition coefficient (Wildman–Crippen LogP) is 2.86. The van der Waals surface area contributed by atoms with Crippen LogP contribution in [0.4, 0.5) is 0 Å². The van der Waals surface area contributed by atoms with E-state index in [2.05, 4.69) is 0 Å². The van der Waals surface area contributed by atoms with Gasteiger partial charge in [-0.2, -0.15) is 0 Å². The Morgan fingerprint density at radius 2 is 1.63 bits per heavy atom. The molecule has 0 aromatic heterocycles. The molecule has 2 aromatic carbocycles. The second-order valence-corrected chi connectivity index (χ2v) is 4.60. The minimum absolute atomic E-state index is 0.0106. The fraction of sp³-hybridized carbons (Fsp3) is 0.250. The molecule has 2 rings (SSSR count). The van der Waals surface area contributed by atoms with Gasteiger partial charge in [0, 0.05) is 5.92 Å². The molecular weight excluding hydrogens is 240 g/mol. The average molecular weight is 258 g/mol. The first-order valence-corrected chi connectivity index (χ1v) is 6.28. The zero-order chi connectivity index (χ0) is 13.7. The van der Waals surface area contributed by atoms with E-state index in [1.54, 1.807) is 24.3 Å². The van der Waals surface area contributed by atoms with Crippen LogP contribution in [0.1, 0.15) is 17.0 Å². The van der Waals surface area contributed by atoms with Crippen LogP contribution in [0.3, 0.4) is 0 Å². The molecule has 0 aliphatic carbocycles. The lowest BCUT2D eigenvalue weighted by Gasteiger charge is -2.16. The van der Waals surface area contributed by atoms with Gasteiger partial charge in [0.15, 0.2) is 0 Å². The molecule has 3 nitrogen and oxygen atoms in total. The second-order valence-electron chi connectivity index (χ2n) is 4.60. The summed E-state index contributed by atoms with van der Waals surface area (Å²) in [5.41, 5.74) is 2.14. The van der Waals surface area contributed by atoms with Crippen LogP contribution in [0, 0.1) is 6.92 Å². The van der Waals surface area contributed by atoms with Gasteiger partial charge in [-0.3, -0.25) is 0 Å². The molecule has 0 aliphatic rings. The molecule has 1 atom stereocenters. The molecule has 2 aromatic rings. The van der Waals surface area contributed by atoms with E-state index in [9.17, 15) is 10.2 Å². The minimum Gasteiger partial charge on any atom is -0.508 e. The minimum atomic E-state index is -0.0955. The molecule has 0 radical (unpaired) electrons. The van der Waals surface area contributed by atoms with E-state index in [0.717, 1.165) is 11.3 Å². The third-order valence-electron chi connectivity index (χ3n) is 3.06. The number of aromatic hydroxyl groups is 1. The van der Waals surface area contributed by atoms with Gasteiger partial charge in [-0.1, -0.05) is 29.8 Å². The first kappa shape index (κ1) is 13.4. The summed E-state index contributed by atoms with van der Waals surface area (Å²) in [6, 6.07) is 14.6. The molecule has 3 heteroatoms. The van der Waals surface area contributed by atoms with Gasteiger partial charge in [0.2, 0.25) is 0 Å². The number of benzene rings is 2. The number of hydrogen-bond acceptors (Lipinski definition) is 3. The maximum absolute atomic E-state index is 9.43. The molecule has 19 heavy (non-hydrogen) atoms. The van der Waals surface area contributed by atoms with Gasteiger partial charge in [-0.25, -0.2) is 0 Å². The third kappa shape index (κ3) is 3.73. The van der Waals surface area contributed by atoms with Crippen LogP contribution < -0.4 is 4.74 Å². The highest BCUT2D eigenvalue weighted by Crippen LogP contribution is 2.20. The van der Waals surface area contributed by atoms with Crippen molar-refractivity contribution in [3.8, 4) is 11.5 Å². The monoisotopic (exact) mass is 258 g/mol. The molecule has 0 bridgehead atoms. The number of aryl methyl sites for hydroxylation is 1. The summed E-state index contributed by atoms with van der Waals surface area (Å²) >= 11 is 0. The molecule has 0 fully saturated rings. The van der Waals surface area contributed by atoms with E-state index in [4.69, 9.17) is 4.74 Å². The van der Waals surface area contributed by atoms with Crippen molar-refractivity contribution in [1.29, 1.82) is 0 Å². The summed E-state index contributed by atoms with van der Waals surface area (Å²) in [6.07, 6.45) is 0. The Kier molecular flexibility index (Phi) is 4.42. The van der Waals surface area contributed by atoms with Crippen molar-refractivity contribution in [1.82, 2.24) is 0 Å². The zero-order valence-corrected chi connectivity index (χ0v) is 10.9. The van der Waals surface area contributed by atoms with Crippen molar-refractivity contribution < 1.29 is 14.9 Å². The second kappa shape index (κ2) is 6.25. The lowest BCUT2D eigenvalue weighted by molar-refractivity contribution is 0.205. The topological polar surface area (TPSA) is 49.7 Å². The van der Waals surface area contributed by atoms with Crippen molar-refractivity contribution in [2.24, 2.45) is 0 Å². The van der Waals surface area contributed by atoms with Crippen LogP contribution in [0.2, 0.25) is 0 Å². The van der Waals surface area contributed by atoms with Gasteiger partial charge < -0.3 is 14.9 Å². The molecular formula is C16H18O3. The quantitative estimate of drug-likeness (QED) is 0.867. The SMILES string of the molecule is Cc1ccc(OCC(CO)c2ccc(O)cc2)cc1. The largest absolute Gasteiger partial charge is 0.508 e. The van der Waals surface area contributed by atoms with Crippen LogP contribution in [0.15, 0.2) is 48.5 Å². The Morgan fingerprint density at radius 1 is 1.00 bits per heavy atom. The Bertz CT molecular complexity index is 503. The van der Waals surface area contributed by atoms with E-state index in [1.807, 2.05) is 31.2 Å². The highest BCUT2D eigenvalue weighted by Gasteiger charge is 2.11.